The molecule has 1 amide bonds. The molecule has 1 aromatic rings. The molecule has 0 bridgehead atoms. The van der Waals surface area contributed by atoms with Crippen LogP contribution in [0, 0.1) is 0 Å². The van der Waals surface area contributed by atoms with Gasteiger partial charge in [0, 0.05) is 18.4 Å². The fraction of sp³-hybridized carbons (Fsp3) is 0.357. The standard InChI is InChI=1S/C14H17NO5/c1-9(16)11-4-6-12(7-5-11)15-14(18)10(2)20-13(17)8-19-3/h4-7,10H,8H2,1-3H3,(H,15,18)/t10-/m1/s1. The Morgan fingerprint density at radius 2 is 1.80 bits per heavy atom. The van der Waals surface area contributed by atoms with Crippen LogP contribution in [0.15, 0.2) is 24.3 Å². The number of esters is 1. The van der Waals surface area contributed by atoms with E-state index in [1.54, 1.807) is 24.3 Å². The molecule has 0 unspecified atom stereocenters. The molecule has 0 aliphatic carbocycles. The van der Waals surface area contributed by atoms with Crippen molar-refractivity contribution in [2.45, 2.75) is 20.0 Å². The highest BCUT2D eigenvalue weighted by atomic mass is 16.6. The average Bonchev–Trinajstić information content (AvgIpc) is 2.39. The Balaban J connectivity index is 2.57. The number of rotatable bonds is 6. The molecule has 0 aliphatic heterocycles. The van der Waals surface area contributed by atoms with Crippen LogP contribution in [0.2, 0.25) is 0 Å². The van der Waals surface area contributed by atoms with Crippen molar-refractivity contribution in [3.8, 4) is 0 Å². The number of anilines is 1. The molecular weight excluding hydrogens is 262 g/mol. The molecule has 0 saturated carbocycles. The Labute approximate surface area is 117 Å². The van der Waals surface area contributed by atoms with Crippen LogP contribution in [0.25, 0.3) is 0 Å². The van der Waals surface area contributed by atoms with E-state index in [9.17, 15) is 14.4 Å². The monoisotopic (exact) mass is 279 g/mol. The lowest BCUT2D eigenvalue weighted by Crippen LogP contribution is -2.31. The third-order valence-corrected chi connectivity index (χ3v) is 2.50. The van der Waals surface area contributed by atoms with E-state index >= 15 is 0 Å². The maximum Gasteiger partial charge on any atom is 0.332 e. The molecular formula is C14H17NO5. The maximum atomic E-state index is 11.8. The summed E-state index contributed by atoms with van der Waals surface area (Å²) in [6.07, 6.45) is -0.926. The molecule has 0 spiro atoms. The van der Waals surface area contributed by atoms with Gasteiger partial charge in [0.1, 0.15) is 6.61 Å². The molecule has 20 heavy (non-hydrogen) atoms. The van der Waals surface area contributed by atoms with E-state index in [-0.39, 0.29) is 12.4 Å². The van der Waals surface area contributed by atoms with Crippen LogP contribution in [-0.4, -0.2) is 37.5 Å². The number of methoxy groups -OCH3 is 1. The summed E-state index contributed by atoms with van der Waals surface area (Å²) >= 11 is 0. The molecule has 1 N–H and O–H groups in total. The number of Topliss-reactive ketones (excluding diaryl/α,β-unsaturated/α-hetero) is 1. The van der Waals surface area contributed by atoms with E-state index in [2.05, 4.69) is 10.1 Å². The van der Waals surface area contributed by atoms with Crippen LogP contribution in [0.1, 0.15) is 24.2 Å². The summed E-state index contributed by atoms with van der Waals surface area (Å²) in [7, 11) is 1.36. The van der Waals surface area contributed by atoms with Crippen LogP contribution < -0.4 is 5.32 Å². The van der Waals surface area contributed by atoms with Crippen molar-refractivity contribution in [3.63, 3.8) is 0 Å². The van der Waals surface area contributed by atoms with Crippen LogP contribution in [0.4, 0.5) is 5.69 Å². The van der Waals surface area contributed by atoms with Crippen LogP contribution >= 0.6 is 0 Å². The van der Waals surface area contributed by atoms with E-state index in [1.807, 2.05) is 0 Å². The highest BCUT2D eigenvalue weighted by molar-refractivity contribution is 5.97. The van der Waals surface area contributed by atoms with Gasteiger partial charge in [0.15, 0.2) is 11.9 Å². The molecule has 1 aromatic carbocycles. The minimum Gasteiger partial charge on any atom is -0.451 e. The van der Waals surface area contributed by atoms with E-state index in [0.29, 0.717) is 11.3 Å². The summed E-state index contributed by atoms with van der Waals surface area (Å²) in [5.41, 5.74) is 1.08. The van der Waals surface area contributed by atoms with Crippen molar-refractivity contribution in [2.75, 3.05) is 19.0 Å². The summed E-state index contributed by atoms with van der Waals surface area (Å²) in [6.45, 7) is 2.72. The Bertz CT molecular complexity index is 495. The van der Waals surface area contributed by atoms with Crippen LogP contribution in [-0.2, 0) is 19.1 Å². The fourth-order valence-electron chi connectivity index (χ4n) is 1.43. The Morgan fingerprint density at radius 1 is 1.20 bits per heavy atom. The van der Waals surface area contributed by atoms with Gasteiger partial charge in [-0.3, -0.25) is 9.59 Å². The number of carbonyl (C=O) groups is 3. The number of nitrogens with one attached hydrogen (secondary N) is 1. The van der Waals surface area contributed by atoms with E-state index in [4.69, 9.17) is 4.74 Å². The van der Waals surface area contributed by atoms with Crippen molar-refractivity contribution in [1.82, 2.24) is 0 Å². The summed E-state index contributed by atoms with van der Waals surface area (Å²) in [6, 6.07) is 6.44. The summed E-state index contributed by atoms with van der Waals surface area (Å²) in [5, 5.41) is 2.59. The largest absolute Gasteiger partial charge is 0.451 e. The van der Waals surface area contributed by atoms with Crippen molar-refractivity contribution in [1.29, 1.82) is 0 Å². The first kappa shape index (κ1) is 15.8. The summed E-state index contributed by atoms with van der Waals surface area (Å²) in [5.74, 6) is -1.11. The highest BCUT2D eigenvalue weighted by Crippen LogP contribution is 2.11. The van der Waals surface area contributed by atoms with Gasteiger partial charge in [-0.1, -0.05) is 0 Å². The lowest BCUT2D eigenvalue weighted by molar-refractivity contribution is -0.156. The number of carbonyl (C=O) groups excluding carboxylic acids is 3. The third-order valence-electron chi connectivity index (χ3n) is 2.50. The number of hydrogen-bond donors (Lipinski definition) is 1. The van der Waals surface area contributed by atoms with Gasteiger partial charge < -0.3 is 14.8 Å². The minimum atomic E-state index is -0.926. The molecule has 0 saturated heterocycles. The zero-order chi connectivity index (χ0) is 15.1. The second-order valence-corrected chi connectivity index (χ2v) is 4.19. The van der Waals surface area contributed by atoms with Gasteiger partial charge >= 0.3 is 5.97 Å². The fourth-order valence-corrected chi connectivity index (χ4v) is 1.43. The normalized spacial score (nSPS) is 11.6. The van der Waals surface area contributed by atoms with Gasteiger partial charge in [0.05, 0.1) is 0 Å². The molecule has 6 heteroatoms. The highest BCUT2D eigenvalue weighted by Gasteiger charge is 2.17. The first-order valence-electron chi connectivity index (χ1n) is 6.04. The van der Waals surface area contributed by atoms with Crippen molar-refractivity contribution >= 4 is 23.3 Å². The number of ether oxygens (including phenoxy) is 2. The smallest absolute Gasteiger partial charge is 0.332 e. The molecule has 108 valence electrons. The van der Waals surface area contributed by atoms with Crippen molar-refractivity contribution in [3.05, 3.63) is 29.8 Å². The quantitative estimate of drug-likeness (QED) is 0.629. The number of benzene rings is 1. The van der Waals surface area contributed by atoms with Gasteiger partial charge in [-0.2, -0.15) is 0 Å². The Hall–Kier alpha value is -2.21. The SMILES string of the molecule is COCC(=O)O[C@H](C)C(=O)Nc1ccc(C(C)=O)cc1. The topological polar surface area (TPSA) is 81.7 Å². The third kappa shape index (κ3) is 4.81. The summed E-state index contributed by atoms with van der Waals surface area (Å²) < 4.78 is 9.46. The van der Waals surface area contributed by atoms with E-state index < -0.39 is 18.0 Å². The average molecular weight is 279 g/mol. The van der Waals surface area contributed by atoms with Gasteiger partial charge in [-0.15, -0.1) is 0 Å². The van der Waals surface area contributed by atoms with Crippen molar-refractivity contribution < 1.29 is 23.9 Å². The number of amides is 1. The number of hydrogen-bond acceptors (Lipinski definition) is 5. The van der Waals surface area contributed by atoms with Gasteiger partial charge in [0.25, 0.3) is 5.91 Å². The van der Waals surface area contributed by atoms with Crippen LogP contribution in [0.5, 0.6) is 0 Å². The molecule has 0 fully saturated rings. The molecule has 0 radical (unpaired) electrons. The molecule has 6 nitrogen and oxygen atoms in total. The van der Waals surface area contributed by atoms with Gasteiger partial charge in [0.2, 0.25) is 0 Å². The van der Waals surface area contributed by atoms with Gasteiger partial charge in [-0.05, 0) is 38.1 Å². The lowest BCUT2D eigenvalue weighted by Gasteiger charge is -2.13. The molecule has 0 aromatic heterocycles. The molecule has 1 rings (SSSR count). The predicted octanol–water partition coefficient (Wildman–Crippen LogP) is 1.41. The number of ketones is 1. The zero-order valence-corrected chi connectivity index (χ0v) is 11.6. The molecule has 0 aliphatic rings. The molecule has 0 heterocycles. The Morgan fingerprint density at radius 3 is 2.30 bits per heavy atom. The minimum absolute atomic E-state index is 0.0512. The second-order valence-electron chi connectivity index (χ2n) is 4.19. The lowest BCUT2D eigenvalue weighted by atomic mass is 10.1. The first-order chi connectivity index (χ1) is 9.43. The first-order valence-corrected chi connectivity index (χ1v) is 6.04. The van der Waals surface area contributed by atoms with Gasteiger partial charge in [-0.25, -0.2) is 4.79 Å². The Kier molecular flexibility index (Phi) is 5.86. The zero-order valence-electron chi connectivity index (χ0n) is 11.6. The predicted molar refractivity (Wildman–Crippen MR) is 72.5 cm³/mol. The summed E-state index contributed by atoms with van der Waals surface area (Å²) in [4.78, 5) is 34.1. The van der Waals surface area contributed by atoms with Crippen LogP contribution in [0.3, 0.4) is 0 Å². The van der Waals surface area contributed by atoms with E-state index in [1.165, 1.54) is 21.0 Å². The maximum absolute atomic E-state index is 11.8. The molecule has 1 atom stereocenters. The van der Waals surface area contributed by atoms with E-state index in [0.717, 1.165) is 0 Å². The second kappa shape index (κ2) is 7.40. The van der Waals surface area contributed by atoms with Crippen molar-refractivity contribution in [2.24, 2.45) is 0 Å².